The van der Waals surface area contributed by atoms with E-state index < -0.39 is 35.0 Å². The van der Waals surface area contributed by atoms with Crippen LogP contribution in [0.3, 0.4) is 0 Å². The van der Waals surface area contributed by atoms with Crippen LogP contribution in [-0.2, 0) is 16.6 Å². The van der Waals surface area contributed by atoms with Crippen molar-refractivity contribution in [2.24, 2.45) is 18.0 Å². The fraction of sp³-hybridized carbons (Fsp3) is 0.353. The van der Waals surface area contributed by atoms with Crippen molar-refractivity contribution in [3.8, 4) is 0 Å². The summed E-state index contributed by atoms with van der Waals surface area (Å²) in [6, 6.07) is 0. The van der Waals surface area contributed by atoms with E-state index in [1.807, 2.05) is 0 Å². The van der Waals surface area contributed by atoms with Gasteiger partial charge in [-0.2, -0.15) is 0 Å². The third-order valence-electron chi connectivity index (χ3n) is 4.15. The summed E-state index contributed by atoms with van der Waals surface area (Å²) in [6.45, 7) is 7.01. The molecule has 1 N–H and O–H groups in total. The Balaban J connectivity index is 2.94. The zero-order valence-corrected chi connectivity index (χ0v) is 14.4. The molecule has 0 amide bonds. The van der Waals surface area contributed by atoms with Gasteiger partial charge in [-0.25, -0.2) is 9.59 Å². The van der Waals surface area contributed by atoms with E-state index in [1.165, 1.54) is 11.6 Å². The first-order chi connectivity index (χ1) is 11.7. The van der Waals surface area contributed by atoms with Gasteiger partial charge >= 0.3 is 11.9 Å². The number of ketones is 2. The first-order valence-corrected chi connectivity index (χ1v) is 7.55. The van der Waals surface area contributed by atoms with Crippen LogP contribution in [0.4, 0.5) is 0 Å². The van der Waals surface area contributed by atoms with Crippen LogP contribution < -0.4 is 0 Å². The second kappa shape index (κ2) is 6.46. The van der Waals surface area contributed by atoms with Crippen LogP contribution >= 0.6 is 0 Å². The molecule has 132 valence electrons. The zero-order chi connectivity index (χ0) is 19.0. The van der Waals surface area contributed by atoms with E-state index in [0.717, 1.165) is 7.11 Å². The molecule has 1 heterocycles. The van der Waals surface area contributed by atoms with Gasteiger partial charge in [0.1, 0.15) is 0 Å². The lowest BCUT2D eigenvalue weighted by atomic mass is 9.83. The van der Waals surface area contributed by atoms with Crippen LogP contribution in [0.15, 0.2) is 11.6 Å². The molecule has 2 rings (SSSR count). The van der Waals surface area contributed by atoms with E-state index in [4.69, 9.17) is 4.74 Å². The molecule has 8 nitrogen and oxygen atoms in total. The smallest absolute Gasteiger partial charge is 0.340 e. The number of hydrogen-bond donors (Lipinski definition) is 1. The van der Waals surface area contributed by atoms with Crippen molar-refractivity contribution in [3.63, 3.8) is 0 Å². The number of carbonyl (C=O) groups excluding carboxylic acids is 3. The van der Waals surface area contributed by atoms with Crippen molar-refractivity contribution in [2.45, 2.75) is 13.8 Å². The maximum atomic E-state index is 12.9. The van der Waals surface area contributed by atoms with Gasteiger partial charge in [0.15, 0.2) is 5.78 Å². The molecule has 1 aliphatic carbocycles. The third-order valence-corrected chi connectivity index (χ3v) is 4.15. The van der Waals surface area contributed by atoms with E-state index in [0.29, 0.717) is 6.54 Å². The van der Waals surface area contributed by atoms with Gasteiger partial charge in [-0.15, -0.1) is 0 Å². The second-order valence-electron chi connectivity index (χ2n) is 5.56. The van der Waals surface area contributed by atoms with Crippen molar-refractivity contribution in [2.75, 3.05) is 13.7 Å². The van der Waals surface area contributed by atoms with E-state index in [1.54, 1.807) is 13.8 Å². The highest BCUT2D eigenvalue weighted by molar-refractivity contribution is 6.54. The third kappa shape index (κ3) is 2.59. The topological polar surface area (TPSA) is 115 Å². The molecule has 1 atom stereocenters. The Labute approximate surface area is 143 Å². The number of hydrogen-bond acceptors (Lipinski definition) is 6. The highest BCUT2D eigenvalue weighted by atomic mass is 16.5. The predicted octanol–water partition coefficient (Wildman–Crippen LogP) is 1.39. The molecule has 0 aliphatic heterocycles. The summed E-state index contributed by atoms with van der Waals surface area (Å²) in [7, 11) is 2.52. The molecular weight excluding hydrogens is 328 g/mol. The summed E-state index contributed by atoms with van der Waals surface area (Å²) in [5.41, 5.74) is -0.993. The molecule has 1 aromatic rings. The van der Waals surface area contributed by atoms with Gasteiger partial charge in [0.05, 0.1) is 46.8 Å². The van der Waals surface area contributed by atoms with Gasteiger partial charge in [-0.1, -0.05) is 6.58 Å². The van der Waals surface area contributed by atoms with E-state index in [9.17, 15) is 24.3 Å². The molecule has 1 unspecified atom stereocenters. The average Bonchev–Trinajstić information content (AvgIpc) is 2.88. The molecule has 1 aromatic heterocycles. The number of aliphatic carboxylic acids is 1. The SMILES string of the molecule is C=C(C(=O)O)c1c(C(=O)OC)c2c(n1C)C(=O)C(C)C(=NCC)C2=O. The number of methoxy groups -OCH3 is 1. The zero-order valence-electron chi connectivity index (χ0n) is 14.4. The average molecular weight is 346 g/mol. The molecule has 1 aliphatic rings. The number of rotatable bonds is 4. The molecule has 0 saturated carbocycles. The molecule has 0 aromatic carbocycles. The standard InChI is InChI=1S/C17H18N2O6/c1-6-18-11-7(2)14(20)13-9(15(11)21)10(17(24)25-5)12(19(13)4)8(3)16(22)23/h7H,3,6H2,1-2,4-5H3,(H,22,23). The maximum Gasteiger partial charge on any atom is 0.340 e. The minimum atomic E-state index is -1.38. The van der Waals surface area contributed by atoms with Crippen LogP contribution in [0.1, 0.15) is 50.7 Å². The van der Waals surface area contributed by atoms with Crippen LogP contribution in [0.2, 0.25) is 0 Å². The monoisotopic (exact) mass is 346 g/mol. The van der Waals surface area contributed by atoms with Crippen LogP contribution in [-0.4, -0.2) is 52.5 Å². The number of carboxylic acid groups (broad SMARTS) is 1. The molecule has 25 heavy (non-hydrogen) atoms. The van der Waals surface area contributed by atoms with Crippen LogP contribution in [0.5, 0.6) is 0 Å². The maximum absolute atomic E-state index is 12.9. The van der Waals surface area contributed by atoms with Gasteiger partial charge in [0.2, 0.25) is 5.78 Å². The fourth-order valence-electron chi connectivity index (χ4n) is 2.98. The highest BCUT2D eigenvalue weighted by Crippen LogP contribution is 2.34. The van der Waals surface area contributed by atoms with Gasteiger partial charge in [-0.05, 0) is 13.8 Å². The lowest BCUT2D eigenvalue weighted by molar-refractivity contribution is -0.130. The molecule has 0 bridgehead atoms. The van der Waals surface area contributed by atoms with Gasteiger partial charge in [-0.3, -0.25) is 14.6 Å². The van der Waals surface area contributed by atoms with Crippen LogP contribution in [0, 0.1) is 5.92 Å². The summed E-state index contributed by atoms with van der Waals surface area (Å²) in [5.74, 6) is -4.08. The number of Topliss-reactive ketones (excluding diaryl/α,β-unsaturated/α-hetero) is 2. The highest BCUT2D eigenvalue weighted by Gasteiger charge is 2.44. The first-order valence-electron chi connectivity index (χ1n) is 7.55. The number of carbonyl (C=O) groups is 4. The summed E-state index contributed by atoms with van der Waals surface area (Å²) in [4.78, 5) is 53.4. The second-order valence-corrected chi connectivity index (χ2v) is 5.56. The first kappa shape index (κ1) is 18.3. The summed E-state index contributed by atoms with van der Waals surface area (Å²) >= 11 is 0. The molecule has 0 saturated heterocycles. The van der Waals surface area contributed by atoms with Gasteiger partial charge in [0, 0.05) is 13.6 Å². The largest absolute Gasteiger partial charge is 0.478 e. The number of aliphatic imine (C=N–C) groups is 1. The minimum absolute atomic E-state index is 0.0367. The molecule has 0 fully saturated rings. The number of esters is 1. The van der Waals surface area contributed by atoms with Gasteiger partial charge < -0.3 is 14.4 Å². The Morgan fingerprint density at radius 3 is 2.44 bits per heavy atom. The number of fused-ring (bicyclic) bond motifs is 1. The predicted molar refractivity (Wildman–Crippen MR) is 89.2 cm³/mol. The summed E-state index contributed by atoms with van der Waals surface area (Å²) in [5, 5.41) is 9.26. The Hall–Kier alpha value is -3.03. The molecule has 8 heteroatoms. The summed E-state index contributed by atoms with van der Waals surface area (Å²) in [6.07, 6.45) is 0. The quantitative estimate of drug-likeness (QED) is 0.650. The summed E-state index contributed by atoms with van der Waals surface area (Å²) < 4.78 is 5.92. The lowest BCUT2D eigenvalue weighted by Gasteiger charge is -2.20. The van der Waals surface area contributed by atoms with Crippen molar-refractivity contribution in [1.82, 2.24) is 4.57 Å². The Morgan fingerprint density at radius 1 is 1.36 bits per heavy atom. The lowest BCUT2D eigenvalue weighted by Crippen LogP contribution is -2.37. The van der Waals surface area contributed by atoms with E-state index in [-0.39, 0.29) is 28.2 Å². The minimum Gasteiger partial charge on any atom is -0.478 e. The Morgan fingerprint density at radius 2 is 1.96 bits per heavy atom. The normalized spacial score (nSPS) is 18.2. The van der Waals surface area contributed by atoms with Crippen molar-refractivity contribution < 1.29 is 29.0 Å². The van der Waals surface area contributed by atoms with Crippen molar-refractivity contribution in [3.05, 3.63) is 29.1 Å². The fourth-order valence-corrected chi connectivity index (χ4v) is 2.98. The van der Waals surface area contributed by atoms with Crippen LogP contribution in [0.25, 0.3) is 5.57 Å². The molecule has 0 spiro atoms. The number of aromatic nitrogens is 1. The Kier molecular flexibility index (Phi) is 4.73. The number of ether oxygens (including phenoxy) is 1. The Bertz CT molecular complexity index is 859. The van der Waals surface area contributed by atoms with Crippen molar-refractivity contribution in [1.29, 1.82) is 0 Å². The van der Waals surface area contributed by atoms with Gasteiger partial charge in [0.25, 0.3) is 0 Å². The van der Waals surface area contributed by atoms with Crippen molar-refractivity contribution >= 4 is 34.8 Å². The van der Waals surface area contributed by atoms with E-state index in [2.05, 4.69) is 11.6 Å². The number of nitrogens with zero attached hydrogens (tertiary/aromatic N) is 2. The number of carboxylic acids is 1. The van der Waals surface area contributed by atoms with E-state index >= 15 is 0 Å². The molecular formula is C17H18N2O6. The molecule has 0 radical (unpaired) electrons.